The van der Waals surface area contributed by atoms with Gasteiger partial charge in [-0.2, -0.15) is 18.2 Å². The van der Waals surface area contributed by atoms with Crippen molar-refractivity contribution in [2.45, 2.75) is 20.0 Å². The molecule has 0 unspecified atom stereocenters. The summed E-state index contributed by atoms with van der Waals surface area (Å²) in [6, 6.07) is 3.31. The zero-order valence-corrected chi connectivity index (χ0v) is 13.6. The van der Waals surface area contributed by atoms with Crippen molar-refractivity contribution in [1.82, 2.24) is 19.6 Å². The Morgan fingerprint density at radius 2 is 1.83 bits per heavy atom. The fraction of sp³-hybridized carbons (Fsp3) is 0.214. The second-order valence-electron chi connectivity index (χ2n) is 5.06. The van der Waals surface area contributed by atoms with Gasteiger partial charge in [0.2, 0.25) is 4.73 Å². The summed E-state index contributed by atoms with van der Waals surface area (Å²) in [5.41, 5.74) is 0.620. The topological polar surface area (TPSA) is 63.3 Å². The van der Waals surface area contributed by atoms with Crippen LogP contribution in [0.2, 0.25) is 0 Å². The molecule has 5 nitrogen and oxygen atoms in total. The molecule has 0 saturated heterocycles. The third-order valence-electron chi connectivity index (χ3n) is 3.36. The molecule has 1 aromatic carbocycles. The fourth-order valence-corrected chi connectivity index (χ4v) is 2.70. The van der Waals surface area contributed by atoms with Gasteiger partial charge in [0, 0.05) is 11.3 Å². The zero-order valence-electron chi connectivity index (χ0n) is 12.0. The minimum atomic E-state index is -4.52. The number of hydrogen-bond donors (Lipinski definition) is 1. The smallest absolute Gasteiger partial charge is 0.416 e. The Hall–Kier alpha value is -2.16. The van der Waals surface area contributed by atoms with Crippen LogP contribution in [0.15, 0.2) is 22.9 Å². The summed E-state index contributed by atoms with van der Waals surface area (Å²) in [6.45, 7) is 3.25. The summed E-state index contributed by atoms with van der Waals surface area (Å²) < 4.78 is 40.2. The predicted octanol–water partition coefficient (Wildman–Crippen LogP) is 3.90. The molecular formula is C14H10BrF3N4O. The van der Waals surface area contributed by atoms with Crippen molar-refractivity contribution in [3.8, 4) is 17.0 Å². The molecule has 2 heterocycles. The second kappa shape index (κ2) is 5.19. The van der Waals surface area contributed by atoms with Gasteiger partial charge < -0.3 is 5.11 Å². The first kappa shape index (κ1) is 15.7. The standard InChI is InChI=1S/C14H10BrF3N4O/c1-6-3-8(14(16,17)18)5-10(23)11(6)9-4-7(2)22-13(19-9)20-12(15)21-22/h3-5,23H,1-2H3. The number of phenolic OH excluding ortho intramolecular Hbond substituents is 1. The summed E-state index contributed by atoms with van der Waals surface area (Å²) in [5.74, 6) is -0.197. The maximum Gasteiger partial charge on any atom is 0.416 e. The van der Waals surface area contributed by atoms with E-state index in [1.165, 1.54) is 11.4 Å². The van der Waals surface area contributed by atoms with Gasteiger partial charge in [0.25, 0.3) is 5.78 Å². The second-order valence-corrected chi connectivity index (χ2v) is 5.77. The molecule has 0 atom stereocenters. The molecule has 9 heteroatoms. The number of fused-ring (bicyclic) bond motifs is 1. The van der Waals surface area contributed by atoms with Crippen LogP contribution in [0.1, 0.15) is 16.8 Å². The molecule has 0 aliphatic heterocycles. The molecule has 23 heavy (non-hydrogen) atoms. The van der Waals surface area contributed by atoms with E-state index in [-0.39, 0.29) is 16.9 Å². The highest BCUT2D eigenvalue weighted by Crippen LogP contribution is 2.38. The van der Waals surface area contributed by atoms with Crippen LogP contribution < -0.4 is 0 Å². The normalized spacial score (nSPS) is 12.1. The van der Waals surface area contributed by atoms with E-state index in [2.05, 4.69) is 31.0 Å². The van der Waals surface area contributed by atoms with Crippen LogP contribution in [0.25, 0.3) is 17.0 Å². The molecule has 0 fully saturated rings. The van der Waals surface area contributed by atoms with Crippen molar-refractivity contribution in [2.24, 2.45) is 0 Å². The molecule has 2 aromatic heterocycles. The summed E-state index contributed by atoms with van der Waals surface area (Å²) in [4.78, 5) is 8.33. The number of rotatable bonds is 1. The molecule has 3 rings (SSSR count). The zero-order chi connectivity index (χ0) is 16.9. The highest BCUT2D eigenvalue weighted by Gasteiger charge is 2.32. The van der Waals surface area contributed by atoms with Crippen LogP contribution in [0, 0.1) is 13.8 Å². The number of aryl methyl sites for hydroxylation is 2. The molecular weight excluding hydrogens is 377 g/mol. The third-order valence-corrected chi connectivity index (χ3v) is 3.70. The van der Waals surface area contributed by atoms with Crippen molar-refractivity contribution < 1.29 is 18.3 Å². The average Bonchev–Trinajstić information content (AvgIpc) is 2.78. The van der Waals surface area contributed by atoms with Crippen LogP contribution in [-0.4, -0.2) is 24.7 Å². The monoisotopic (exact) mass is 386 g/mol. The van der Waals surface area contributed by atoms with E-state index in [0.29, 0.717) is 22.2 Å². The van der Waals surface area contributed by atoms with Gasteiger partial charge in [-0.25, -0.2) is 9.50 Å². The van der Waals surface area contributed by atoms with E-state index < -0.39 is 17.5 Å². The molecule has 0 spiro atoms. The number of alkyl halides is 3. The largest absolute Gasteiger partial charge is 0.507 e. The number of halogens is 4. The molecule has 0 radical (unpaired) electrons. The van der Waals surface area contributed by atoms with E-state index in [1.807, 2.05) is 0 Å². The number of nitrogens with zero attached hydrogens (tertiary/aromatic N) is 4. The SMILES string of the molecule is Cc1cc(C(F)(F)F)cc(O)c1-c1cc(C)n2nc(Br)nc2n1. The van der Waals surface area contributed by atoms with Crippen LogP contribution in [0.3, 0.4) is 0 Å². The van der Waals surface area contributed by atoms with Gasteiger partial charge in [-0.05, 0) is 53.5 Å². The Morgan fingerprint density at radius 3 is 2.43 bits per heavy atom. The number of benzene rings is 1. The summed E-state index contributed by atoms with van der Waals surface area (Å²) in [5, 5.41) is 14.2. The van der Waals surface area contributed by atoms with E-state index in [9.17, 15) is 18.3 Å². The quantitative estimate of drug-likeness (QED) is 0.688. The lowest BCUT2D eigenvalue weighted by Gasteiger charge is -2.13. The van der Waals surface area contributed by atoms with Gasteiger partial charge in [-0.15, -0.1) is 5.10 Å². The van der Waals surface area contributed by atoms with Gasteiger partial charge in [0.1, 0.15) is 5.75 Å². The van der Waals surface area contributed by atoms with E-state index >= 15 is 0 Å². The molecule has 0 amide bonds. The van der Waals surface area contributed by atoms with Crippen LogP contribution >= 0.6 is 15.9 Å². The fourth-order valence-electron chi connectivity index (χ4n) is 2.38. The van der Waals surface area contributed by atoms with Crippen LogP contribution in [-0.2, 0) is 6.18 Å². The summed E-state index contributed by atoms with van der Waals surface area (Å²) in [7, 11) is 0. The van der Waals surface area contributed by atoms with Crippen molar-refractivity contribution in [3.05, 3.63) is 39.8 Å². The lowest BCUT2D eigenvalue weighted by atomic mass is 10.00. The number of phenols is 1. The predicted molar refractivity (Wildman–Crippen MR) is 80.1 cm³/mol. The first-order chi connectivity index (χ1) is 10.7. The van der Waals surface area contributed by atoms with E-state index in [0.717, 1.165) is 6.07 Å². The van der Waals surface area contributed by atoms with Gasteiger partial charge in [-0.3, -0.25) is 0 Å². The Morgan fingerprint density at radius 1 is 1.13 bits per heavy atom. The Kier molecular flexibility index (Phi) is 3.55. The Balaban J connectivity index is 2.22. The molecule has 120 valence electrons. The van der Waals surface area contributed by atoms with Gasteiger partial charge >= 0.3 is 6.18 Å². The van der Waals surface area contributed by atoms with E-state index in [4.69, 9.17) is 0 Å². The first-order valence-electron chi connectivity index (χ1n) is 6.48. The Labute approximate surface area is 136 Å². The van der Waals surface area contributed by atoms with Crippen molar-refractivity contribution >= 4 is 21.7 Å². The van der Waals surface area contributed by atoms with Crippen LogP contribution in [0.5, 0.6) is 5.75 Å². The van der Waals surface area contributed by atoms with Crippen molar-refractivity contribution in [2.75, 3.05) is 0 Å². The van der Waals surface area contributed by atoms with Crippen molar-refractivity contribution in [3.63, 3.8) is 0 Å². The van der Waals surface area contributed by atoms with Gasteiger partial charge in [0.05, 0.1) is 11.3 Å². The summed E-state index contributed by atoms with van der Waals surface area (Å²) >= 11 is 3.14. The minimum absolute atomic E-state index is 0.239. The molecule has 1 N–H and O–H groups in total. The maximum atomic E-state index is 12.8. The number of aromatic nitrogens is 4. The van der Waals surface area contributed by atoms with Crippen molar-refractivity contribution in [1.29, 1.82) is 0 Å². The number of aromatic hydroxyl groups is 1. The van der Waals surface area contributed by atoms with Crippen LogP contribution in [0.4, 0.5) is 13.2 Å². The highest BCUT2D eigenvalue weighted by molar-refractivity contribution is 9.10. The minimum Gasteiger partial charge on any atom is -0.507 e. The molecule has 3 aromatic rings. The lowest BCUT2D eigenvalue weighted by molar-refractivity contribution is -0.137. The van der Waals surface area contributed by atoms with E-state index in [1.54, 1.807) is 13.0 Å². The third kappa shape index (κ3) is 2.76. The molecule has 0 saturated carbocycles. The molecule has 0 aliphatic rings. The summed E-state index contributed by atoms with van der Waals surface area (Å²) in [6.07, 6.45) is -4.52. The Bertz CT molecular complexity index is 897. The molecule has 0 bridgehead atoms. The van der Waals surface area contributed by atoms with Gasteiger partial charge in [-0.1, -0.05) is 0 Å². The van der Waals surface area contributed by atoms with Gasteiger partial charge in [0.15, 0.2) is 0 Å². The lowest BCUT2D eigenvalue weighted by Crippen LogP contribution is -2.06. The molecule has 0 aliphatic carbocycles. The average molecular weight is 387 g/mol. The highest BCUT2D eigenvalue weighted by atomic mass is 79.9. The first-order valence-corrected chi connectivity index (χ1v) is 7.27. The maximum absolute atomic E-state index is 12.8. The number of hydrogen-bond acceptors (Lipinski definition) is 4.